The van der Waals surface area contributed by atoms with Crippen LogP contribution in [0, 0.1) is 0 Å². The lowest BCUT2D eigenvalue weighted by atomic mass is 10.2. The van der Waals surface area contributed by atoms with Gasteiger partial charge in [0, 0.05) is 18.8 Å². The lowest BCUT2D eigenvalue weighted by molar-refractivity contribution is 0.0690. The van der Waals surface area contributed by atoms with Crippen LogP contribution >= 0.6 is 0 Å². The molecule has 0 aliphatic carbocycles. The summed E-state index contributed by atoms with van der Waals surface area (Å²) in [6, 6.07) is 0. The maximum atomic E-state index is 11.1. The molecule has 0 amide bonds. The van der Waals surface area contributed by atoms with Crippen molar-refractivity contribution in [2.45, 2.75) is 12.6 Å². The lowest BCUT2D eigenvalue weighted by Crippen LogP contribution is -2.21. The molecule has 0 radical (unpaired) electrons. The standard InChI is InChI=1S/C10H13N5O4/c1-14-3-6(2-11-14)9-8(10(18)19)12-13-15(9)4-7(17)5-16/h2-3,7,16-17H,4-5H2,1H3,(H,18,19). The molecule has 0 aliphatic heterocycles. The van der Waals surface area contributed by atoms with Gasteiger partial charge in [0.2, 0.25) is 0 Å². The zero-order valence-electron chi connectivity index (χ0n) is 10.1. The average Bonchev–Trinajstić information content (AvgIpc) is 2.95. The number of aromatic carboxylic acids is 1. The van der Waals surface area contributed by atoms with Crippen molar-refractivity contribution in [3.63, 3.8) is 0 Å². The number of aliphatic hydroxyl groups excluding tert-OH is 2. The highest BCUT2D eigenvalue weighted by atomic mass is 16.4. The minimum absolute atomic E-state index is 0.0546. The van der Waals surface area contributed by atoms with Crippen LogP contribution in [0.1, 0.15) is 10.5 Å². The zero-order valence-corrected chi connectivity index (χ0v) is 10.1. The van der Waals surface area contributed by atoms with Gasteiger partial charge in [-0.05, 0) is 0 Å². The third-order valence-electron chi connectivity index (χ3n) is 2.51. The predicted octanol–water partition coefficient (Wildman–Crippen LogP) is -1.27. The van der Waals surface area contributed by atoms with Gasteiger partial charge in [-0.3, -0.25) is 4.68 Å². The van der Waals surface area contributed by atoms with Crippen LogP contribution in [0.5, 0.6) is 0 Å². The largest absolute Gasteiger partial charge is 0.476 e. The Morgan fingerprint density at radius 1 is 1.53 bits per heavy atom. The van der Waals surface area contributed by atoms with Crippen LogP contribution in [-0.2, 0) is 13.6 Å². The second-order valence-electron chi connectivity index (χ2n) is 4.01. The van der Waals surface area contributed by atoms with E-state index < -0.39 is 18.7 Å². The van der Waals surface area contributed by atoms with E-state index in [9.17, 15) is 9.90 Å². The Hall–Kier alpha value is -2.26. The van der Waals surface area contributed by atoms with Crippen LogP contribution in [-0.4, -0.2) is 58.8 Å². The number of aromatic nitrogens is 5. The number of nitrogens with zero attached hydrogens (tertiary/aromatic N) is 5. The van der Waals surface area contributed by atoms with Crippen molar-refractivity contribution < 1.29 is 20.1 Å². The fourth-order valence-electron chi connectivity index (χ4n) is 1.67. The SMILES string of the molecule is Cn1cc(-c2c(C(=O)O)nnn2CC(O)CO)cn1. The molecule has 2 heterocycles. The normalized spacial score (nSPS) is 12.6. The van der Waals surface area contributed by atoms with E-state index in [4.69, 9.17) is 10.2 Å². The summed E-state index contributed by atoms with van der Waals surface area (Å²) in [6.45, 7) is -0.504. The summed E-state index contributed by atoms with van der Waals surface area (Å²) in [4.78, 5) is 11.1. The number of carboxylic acid groups (broad SMARTS) is 1. The van der Waals surface area contributed by atoms with Crippen molar-refractivity contribution in [2.24, 2.45) is 7.05 Å². The molecule has 2 rings (SSSR count). The average molecular weight is 267 g/mol. The number of aliphatic hydroxyl groups is 2. The molecule has 2 aromatic rings. The molecule has 0 saturated carbocycles. The Labute approximate surface area is 107 Å². The van der Waals surface area contributed by atoms with E-state index in [2.05, 4.69) is 15.4 Å². The van der Waals surface area contributed by atoms with E-state index in [0.717, 1.165) is 0 Å². The molecule has 0 aromatic carbocycles. The Morgan fingerprint density at radius 2 is 2.26 bits per heavy atom. The third kappa shape index (κ3) is 2.61. The van der Waals surface area contributed by atoms with Crippen molar-refractivity contribution in [1.82, 2.24) is 24.8 Å². The number of carbonyl (C=O) groups is 1. The Kier molecular flexibility index (Phi) is 3.58. The van der Waals surface area contributed by atoms with Crippen LogP contribution < -0.4 is 0 Å². The summed E-state index contributed by atoms with van der Waals surface area (Å²) in [6.07, 6.45) is 2.05. The highest BCUT2D eigenvalue weighted by Gasteiger charge is 2.22. The summed E-state index contributed by atoms with van der Waals surface area (Å²) in [7, 11) is 1.70. The van der Waals surface area contributed by atoms with Gasteiger partial charge in [0.15, 0.2) is 5.69 Å². The summed E-state index contributed by atoms with van der Waals surface area (Å²) in [5.41, 5.74) is 0.543. The molecule has 19 heavy (non-hydrogen) atoms. The number of aryl methyl sites for hydroxylation is 1. The van der Waals surface area contributed by atoms with E-state index in [1.54, 1.807) is 13.2 Å². The first kappa shape index (κ1) is 13.2. The first-order valence-corrected chi connectivity index (χ1v) is 5.47. The summed E-state index contributed by atoms with van der Waals surface area (Å²) >= 11 is 0. The molecule has 0 saturated heterocycles. The van der Waals surface area contributed by atoms with Crippen LogP contribution in [0.25, 0.3) is 11.3 Å². The first-order chi connectivity index (χ1) is 9.02. The molecule has 0 aliphatic rings. The minimum atomic E-state index is -1.22. The van der Waals surface area contributed by atoms with E-state index in [0.29, 0.717) is 5.56 Å². The fourth-order valence-corrected chi connectivity index (χ4v) is 1.67. The zero-order chi connectivity index (χ0) is 14.0. The lowest BCUT2D eigenvalue weighted by Gasteiger charge is -2.09. The van der Waals surface area contributed by atoms with Gasteiger partial charge in [-0.2, -0.15) is 5.10 Å². The second-order valence-corrected chi connectivity index (χ2v) is 4.01. The Bertz CT molecular complexity index is 591. The van der Waals surface area contributed by atoms with E-state index >= 15 is 0 Å². The van der Waals surface area contributed by atoms with Gasteiger partial charge in [0.25, 0.3) is 0 Å². The van der Waals surface area contributed by atoms with Gasteiger partial charge in [-0.25, -0.2) is 9.48 Å². The summed E-state index contributed by atoms with van der Waals surface area (Å²) in [5, 5.41) is 38.6. The van der Waals surface area contributed by atoms with Gasteiger partial charge in [-0.15, -0.1) is 5.10 Å². The summed E-state index contributed by atoms with van der Waals surface area (Å²) < 4.78 is 2.75. The van der Waals surface area contributed by atoms with Gasteiger partial charge in [0.1, 0.15) is 5.69 Å². The molecule has 0 spiro atoms. The fraction of sp³-hybridized carbons (Fsp3) is 0.400. The molecular formula is C10H13N5O4. The molecule has 9 nitrogen and oxygen atoms in total. The molecule has 102 valence electrons. The predicted molar refractivity (Wildman–Crippen MR) is 62.3 cm³/mol. The molecule has 1 unspecified atom stereocenters. The third-order valence-corrected chi connectivity index (χ3v) is 2.51. The van der Waals surface area contributed by atoms with E-state index in [1.165, 1.54) is 15.6 Å². The Balaban J connectivity index is 2.47. The van der Waals surface area contributed by atoms with Gasteiger partial charge >= 0.3 is 5.97 Å². The molecule has 9 heteroatoms. The maximum absolute atomic E-state index is 11.1. The molecule has 0 bridgehead atoms. The number of rotatable bonds is 5. The molecule has 2 aromatic heterocycles. The topological polar surface area (TPSA) is 126 Å². The van der Waals surface area contributed by atoms with Crippen molar-refractivity contribution in [3.8, 4) is 11.3 Å². The molecular weight excluding hydrogens is 254 g/mol. The highest BCUT2D eigenvalue weighted by Crippen LogP contribution is 2.21. The highest BCUT2D eigenvalue weighted by molar-refractivity contribution is 5.92. The smallest absolute Gasteiger partial charge is 0.358 e. The summed E-state index contributed by atoms with van der Waals surface area (Å²) in [5.74, 6) is -1.22. The number of hydrogen-bond acceptors (Lipinski definition) is 6. The molecule has 0 fully saturated rings. The quantitative estimate of drug-likeness (QED) is 0.616. The van der Waals surface area contributed by atoms with Gasteiger partial charge < -0.3 is 15.3 Å². The van der Waals surface area contributed by atoms with Crippen molar-refractivity contribution in [3.05, 3.63) is 18.1 Å². The minimum Gasteiger partial charge on any atom is -0.476 e. The molecule has 1 atom stereocenters. The first-order valence-electron chi connectivity index (χ1n) is 5.47. The number of carboxylic acids is 1. The van der Waals surface area contributed by atoms with Crippen LogP contribution in [0.4, 0.5) is 0 Å². The second kappa shape index (κ2) is 5.16. The molecule has 3 N–H and O–H groups in total. The van der Waals surface area contributed by atoms with Gasteiger partial charge in [0.05, 0.1) is 25.5 Å². The van der Waals surface area contributed by atoms with E-state index in [-0.39, 0.29) is 17.9 Å². The number of hydrogen-bond donors (Lipinski definition) is 3. The monoisotopic (exact) mass is 267 g/mol. The Morgan fingerprint density at radius 3 is 2.79 bits per heavy atom. The van der Waals surface area contributed by atoms with Crippen molar-refractivity contribution >= 4 is 5.97 Å². The van der Waals surface area contributed by atoms with Crippen molar-refractivity contribution in [1.29, 1.82) is 0 Å². The van der Waals surface area contributed by atoms with Crippen LogP contribution in [0.2, 0.25) is 0 Å². The van der Waals surface area contributed by atoms with Crippen LogP contribution in [0.3, 0.4) is 0 Å². The van der Waals surface area contributed by atoms with E-state index in [1.807, 2.05) is 0 Å². The maximum Gasteiger partial charge on any atom is 0.358 e. The van der Waals surface area contributed by atoms with Gasteiger partial charge in [-0.1, -0.05) is 5.21 Å². The van der Waals surface area contributed by atoms with Crippen molar-refractivity contribution in [2.75, 3.05) is 6.61 Å². The van der Waals surface area contributed by atoms with Crippen LogP contribution in [0.15, 0.2) is 12.4 Å².